The molecule has 2 atom stereocenters. The Bertz CT molecular complexity index is 383. The quantitative estimate of drug-likeness (QED) is 0.681. The fraction of sp³-hybridized carbons (Fsp3) is 0.625. The van der Waals surface area contributed by atoms with Crippen LogP contribution in [0.15, 0.2) is 24.3 Å². The van der Waals surface area contributed by atoms with Gasteiger partial charge in [0.2, 0.25) is 0 Å². The third-order valence-corrected chi connectivity index (χ3v) is 4.73. The minimum absolute atomic E-state index is 0.390. The summed E-state index contributed by atoms with van der Waals surface area (Å²) in [6, 6.07) is 9.26. The molecular formula is C16H23Br. The molecule has 17 heavy (non-hydrogen) atoms. The zero-order valence-corrected chi connectivity index (χ0v) is 12.8. The van der Waals surface area contributed by atoms with Crippen LogP contribution in [0.25, 0.3) is 0 Å². The second-order valence-electron chi connectivity index (χ2n) is 6.20. The lowest BCUT2D eigenvalue weighted by molar-refractivity contribution is 0.492. The lowest BCUT2D eigenvalue weighted by Gasteiger charge is -2.25. The van der Waals surface area contributed by atoms with Crippen LogP contribution in [0.5, 0.6) is 0 Å². The maximum absolute atomic E-state index is 3.77. The van der Waals surface area contributed by atoms with Gasteiger partial charge < -0.3 is 0 Å². The van der Waals surface area contributed by atoms with Crippen LogP contribution in [-0.4, -0.2) is 4.83 Å². The number of hydrogen-bond acceptors (Lipinski definition) is 0. The summed E-state index contributed by atoms with van der Waals surface area (Å²) < 4.78 is 0. The van der Waals surface area contributed by atoms with E-state index in [1.54, 1.807) is 0 Å². The van der Waals surface area contributed by atoms with E-state index in [2.05, 4.69) is 61.0 Å². The van der Waals surface area contributed by atoms with Gasteiger partial charge in [0.15, 0.2) is 0 Å². The Morgan fingerprint density at radius 1 is 1.41 bits per heavy atom. The Morgan fingerprint density at radius 3 is 2.76 bits per heavy atom. The summed E-state index contributed by atoms with van der Waals surface area (Å²) in [5.74, 6) is 0.741. The zero-order valence-electron chi connectivity index (χ0n) is 11.2. The summed E-state index contributed by atoms with van der Waals surface area (Å²) in [5, 5.41) is 0. The number of rotatable bonds is 3. The van der Waals surface area contributed by atoms with Crippen molar-refractivity contribution >= 4 is 15.9 Å². The molecule has 94 valence electrons. The van der Waals surface area contributed by atoms with E-state index in [1.165, 1.54) is 36.8 Å². The lowest BCUT2D eigenvalue weighted by Crippen LogP contribution is -2.18. The van der Waals surface area contributed by atoms with Crippen LogP contribution < -0.4 is 0 Å². The molecule has 0 nitrogen and oxygen atoms in total. The van der Waals surface area contributed by atoms with Crippen molar-refractivity contribution < 1.29 is 0 Å². The van der Waals surface area contributed by atoms with Gasteiger partial charge in [0.05, 0.1) is 0 Å². The van der Waals surface area contributed by atoms with E-state index < -0.39 is 0 Å². The summed E-state index contributed by atoms with van der Waals surface area (Å²) in [4.78, 5) is 0.709. The average molecular weight is 295 g/mol. The standard InChI is InChI=1S/C16H23Br/c1-12(2)9-13-5-4-6-14(10-13)16(3)8-7-15(17)11-16/h4-6,10,12,15H,7-9,11H2,1-3H3. The highest BCUT2D eigenvalue weighted by Crippen LogP contribution is 2.43. The van der Waals surface area contributed by atoms with E-state index in [-0.39, 0.29) is 0 Å². The third kappa shape index (κ3) is 3.13. The van der Waals surface area contributed by atoms with E-state index in [4.69, 9.17) is 0 Å². The van der Waals surface area contributed by atoms with E-state index in [0.29, 0.717) is 10.2 Å². The maximum atomic E-state index is 3.77. The highest BCUT2D eigenvalue weighted by Gasteiger charge is 2.35. The summed E-state index contributed by atoms with van der Waals surface area (Å²) in [5.41, 5.74) is 3.43. The van der Waals surface area contributed by atoms with Gasteiger partial charge in [0.1, 0.15) is 0 Å². The van der Waals surface area contributed by atoms with E-state index in [9.17, 15) is 0 Å². The third-order valence-electron chi connectivity index (χ3n) is 3.95. The molecule has 1 aliphatic carbocycles. The van der Waals surface area contributed by atoms with Crippen LogP contribution in [0.1, 0.15) is 51.2 Å². The van der Waals surface area contributed by atoms with Crippen molar-refractivity contribution in [3.8, 4) is 0 Å². The van der Waals surface area contributed by atoms with Crippen molar-refractivity contribution in [2.24, 2.45) is 5.92 Å². The minimum Gasteiger partial charge on any atom is -0.0890 e. The highest BCUT2D eigenvalue weighted by atomic mass is 79.9. The SMILES string of the molecule is CC(C)Cc1cccc(C2(C)CCC(Br)C2)c1. The Kier molecular flexibility index (Phi) is 3.97. The molecule has 0 radical (unpaired) electrons. The summed E-state index contributed by atoms with van der Waals surface area (Å²) in [6.07, 6.45) is 5.10. The van der Waals surface area contributed by atoms with E-state index in [0.717, 1.165) is 5.92 Å². The molecule has 0 aliphatic heterocycles. The number of benzene rings is 1. The zero-order chi connectivity index (χ0) is 12.5. The van der Waals surface area contributed by atoms with Crippen molar-refractivity contribution in [1.29, 1.82) is 0 Å². The molecule has 0 amide bonds. The lowest BCUT2D eigenvalue weighted by atomic mass is 9.80. The first-order chi connectivity index (χ1) is 7.99. The van der Waals surface area contributed by atoms with Crippen LogP contribution >= 0.6 is 15.9 Å². The van der Waals surface area contributed by atoms with Crippen LogP contribution in [0.2, 0.25) is 0 Å². The normalized spacial score (nSPS) is 28.9. The summed E-state index contributed by atoms with van der Waals surface area (Å²) in [7, 11) is 0. The molecular weight excluding hydrogens is 272 g/mol. The molecule has 0 heterocycles. The van der Waals surface area contributed by atoms with Gasteiger partial charge >= 0.3 is 0 Å². The fourth-order valence-electron chi connectivity index (χ4n) is 2.98. The number of alkyl halides is 1. The molecule has 0 N–H and O–H groups in total. The van der Waals surface area contributed by atoms with Gasteiger partial charge in [-0.15, -0.1) is 0 Å². The van der Waals surface area contributed by atoms with Crippen molar-refractivity contribution in [3.63, 3.8) is 0 Å². The molecule has 2 rings (SSSR count). The first kappa shape index (κ1) is 13.1. The van der Waals surface area contributed by atoms with Crippen molar-refractivity contribution in [2.45, 2.75) is 56.7 Å². The largest absolute Gasteiger partial charge is 0.0890 e. The van der Waals surface area contributed by atoms with E-state index in [1.807, 2.05) is 0 Å². The second kappa shape index (κ2) is 5.14. The smallest absolute Gasteiger partial charge is 0.0154 e. The van der Waals surface area contributed by atoms with Crippen LogP contribution in [-0.2, 0) is 11.8 Å². The van der Waals surface area contributed by atoms with Gasteiger partial charge in [-0.1, -0.05) is 61.0 Å². The molecule has 1 heteroatoms. The van der Waals surface area contributed by atoms with Crippen molar-refractivity contribution in [2.75, 3.05) is 0 Å². The van der Waals surface area contributed by atoms with Gasteiger partial charge in [-0.3, -0.25) is 0 Å². The minimum atomic E-state index is 0.390. The Morgan fingerprint density at radius 2 is 2.18 bits per heavy atom. The van der Waals surface area contributed by atoms with Crippen molar-refractivity contribution in [1.82, 2.24) is 0 Å². The molecule has 1 fully saturated rings. The molecule has 1 saturated carbocycles. The Labute approximate surface area is 114 Å². The predicted molar refractivity (Wildman–Crippen MR) is 78.9 cm³/mol. The second-order valence-corrected chi connectivity index (χ2v) is 7.49. The van der Waals surface area contributed by atoms with Gasteiger partial charge in [0, 0.05) is 4.83 Å². The van der Waals surface area contributed by atoms with Crippen molar-refractivity contribution in [3.05, 3.63) is 35.4 Å². The van der Waals surface area contributed by atoms with Gasteiger partial charge in [-0.2, -0.15) is 0 Å². The van der Waals surface area contributed by atoms with Gasteiger partial charge in [0.25, 0.3) is 0 Å². The molecule has 0 spiro atoms. The van der Waals surface area contributed by atoms with Crippen LogP contribution in [0.3, 0.4) is 0 Å². The van der Waals surface area contributed by atoms with Crippen LogP contribution in [0.4, 0.5) is 0 Å². The molecule has 0 bridgehead atoms. The monoisotopic (exact) mass is 294 g/mol. The average Bonchev–Trinajstić information content (AvgIpc) is 2.59. The molecule has 0 saturated heterocycles. The van der Waals surface area contributed by atoms with Gasteiger partial charge in [-0.25, -0.2) is 0 Å². The molecule has 1 aliphatic rings. The molecule has 1 aromatic rings. The summed E-state index contributed by atoms with van der Waals surface area (Å²) >= 11 is 3.77. The first-order valence-electron chi connectivity index (χ1n) is 6.73. The van der Waals surface area contributed by atoms with Gasteiger partial charge in [-0.05, 0) is 48.1 Å². The highest BCUT2D eigenvalue weighted by molar-refractivity contribution is 9.09. The maximum Gasteiger partial charge on any atom is 0.0154 e. The molecule has 0 aromatic heterocycles. The fourth-order valence-corrected chi connectivity index (χ4v) is 3.92. The Hall–Kier alpha value is -0.300. The molecule has 2 unspecified atom stereocenters. The number of halogens is 1. The van der Waals surface area contributed by atoms with E-state index >= 15 is 0 Å². The van der Waals surface area contributed by atoms with Crippen LogP contribution in [0, 0.1) is 5.92 Å². The number of hydrogen-bond donors (Lipinski definition) is 0. The molecule has 1 aromatic carbocycles. The summed E-state index contributed by atoms with van der Waals surface area (Å²) in [6.45, 7) is 7.00. The first-order valence-corrected chi connectivity index (χ1v) is 7.65. The Balaban J connectivity index is 2.21. The predicted octanol–water partition coefficient (Wildman–Crippen LogP) is 5.09. The topological polar surface area (TPSA) is 0 Å².